The Bertz CT molecular complexity index is 1640. The van der Waals surface area contributed by atoms with E-state index in [1.807, 2.05) is 19.2 Å². The molecule has 4 rings (SSSR count). The van der Waals surface area contributed by atoms with Gasteiger partial charge in [-0.25, -0.2) is 9.59 Å². The minimum absolute atomic E-state index is 0.0812. The molecule has 14 heteroatoms. The minimum Gasteiger partial charge on any atom is -0.471 e. The van der Waals surface area contributed by atoms with Gasteiger partial charge in [-0.1, -0.05) is 12.1 Å². The standard InChI is InChI=1S/C30H29F3N6O3.C2H4O2/c1-18-11-13-37(17-18)12-5-6-21-14-20(16-34)9-10-24(21)26-25(27(40)42-3)19(2)38(28(35)39(26)29(36)41)23-8-4-7-22(15-23)30(31,32)33;1-4-2-3/h4,7-11,13-15,17,26,35H,5-6,12H2,1-3H3,(H2,36,41);2H,1H3/p+1/t26-;/m1./s1. The van der Waals surface area contributed by atoms with Crippen LogP contribution in [-0.2, 0) is 31.7 Å². The van der Waals surface area contributed by atoms with Gasteiger partial charge in [-0.05, 0) is 67.8 Å². The summed E-state index contributed by atoms with van der Waals surface area (Å²) in [5, 5.41) is 18.5. The predicted molar refractivity (Wildman–Crippen MR) is 162 cm³/mol. The van der Waals surface area contributed by atoms with Crippen LogP contribution in [0.25, 0.3) is 0 Å². The van der Waals surface area contributed by atoms with Crippen molar-refractivity contribution in [3.05, 3.63) is 100 Å². The Morgan fingerprint density at radius 2 is 1.87 bits per heavy atom. The maximum Gasteiger partial charge on any atom is 0.416 e. The number of nitriles is 1. The molecule has 0 spiro atoms. The molecule has 2 heterocycles. The van der Waals surface area contributed by atoms with Crippen LogP contribution in [0.5, 0.6) is 0 Å². The smallest absolute Gasteiger partial charge is 0.416 e. The number of carbonyl (C=O) groups excluding carboxylic acids is 3. The molecular weight excluding hydrogens is 605 g/mol. The summed E-state index contributed by atoms with van der Waals surface area (Å²) in [5.41, 5.74) is 7.32. The van der Waals surface area contributed by atoms with E-state index < -0.39 is 35.7 Å². The number of aryl methyl sites for hydroxylation is 1. The first-order valence-electron chi connectivity index (χ1n) is 13.9. The number of primary amides is 1. The minimum atomic E-state index is -4.67. The van der Waals surface area contributed by atoms with Gasteiger partial charge in [-0.3, -0.25) is 24.9 Å². The lowest BCUT2D eigenvalue weighted by molar-refractivity contribution is -0.787. The number of halogens is 3. The number of hydrogen-bond donors (Lipinski definition) is 3. The number of rotatable bonds is 8. The second kappa shape index (κ2) is 15.0. The van der Waals surface area contributed by atoms with Gasteiger partial charge in [0.2, 0.25) is 5.96 Å². The van der Waals surface area contributed by atoms with Crippen LogP contribution < -0.4 is 15.5 Å². The van der Waals surface area contributed by atoms with Crippen molar-refractivity contribution in [3.63, 3.8) is 0 Å². The largest absolute Gasteiger partial charge is 0.471 e. The summed E-state index contributed by atoms with van der Waals surface area (Å²) < 4.78 is 49.5. The monoisotopic (exact) mass is 639 g/mol. The van der Waals surface area contributed by atoms with Crippen LogP contribution in [0, 0.1) is 16.7 Å². The molecule has 0 bridgehead atoms. The van der Waals surface area contributed by atoms with Crippen molar-refractivity contribution >= 4 is 30.1 Å². The molecule has 2 aromatic rings. The van der Waals surface area contributed by atoms with Gasteiger partial charge >= 0.3 is 18.2 Å². The van der Waals surface area contributed by atoms with Crippen molar-refractivity contribution in [2.24, 2.45) is 5.73 Å². The van der Waals surface area contributed by atoms with Crippen LogP contribution in [-0.4, -0.2) is 50.1 Å². The Labute approximate surface area is 264 Å². The molecule has 1 unspecified atom stereocenters. The molecule has 0 aromatic heterocycles. The van der Waals surface area contributed by atoms with Crippen molar-refractivity contribution in [1.82, 2.24) is 4.90 Å². The van der Waals surface area contributed by atoms with Crippen LogP contribution in [0.1, 0.15) is 48.6 Å². The van der Waals surface area contributed by atoms with Crippen LogP contribution in [0.3, 0.4) is 0 Å². The Kier molecular flexibility index (Phi) is 11.5. The number of nitrogens with two attached hydrogens (primary N) is 1. The number of benzene rings is 2. The summed E-state index contributed by atoms with van der Waals surface area (Å²) in [5.74, 6) is -1.39. The number of alkyl halides is 3. The average Bonchev–Trinajstić information content (AvgIpc) is 3.44. The number of quaternary nitrogens is 1. The van der Waals surface area contributed by atoms with E-state index in [9.17, 15) is 28.0 Å². The summed E-state index contributed by atoms with van der Waals surface area (Å²) in [6.07, 6.45) is 2.61. The lowest BCUT2D eigenvalue weighted by Gasteiger charge is -2.43. The second-order valence-corrected chi connectivity index (χ2v) is 10.3. The van der Waals surface area contributed by atoms with Gasteiger partial charge < -0.3 is 15.2 Å². The average molecular weight is 640 g/mol. The molecule has 2 aliphatic rings. The molecule has 2 aliphatic heterocycles. The molecule has 0 radical (unpaired) electrons. The first kappa shape index (κ1) is 35.1. The summed E-state index contributed by atoms with van der Waals surface area (Å²) >= 11 is 0. The van der Waals surface area contributed by atoms with E-state index in [1.165, 1.54) is 32.2 Å². The fraction of sp³-hybridized carbons (Fsp3) is 0.281. The van der Waals surface area contributed by atoms with Crippen LogP contribution >= 0.6 is 0 Å². The molecule has 0 aliphatic carbocycles. The zero-order valence-corrected chi connectivity index (χ0v) is 25.6. The van der Waals surface area contributed by atoms with E-state index >= 15 is 0 Å². The molecule has 242 valence electrons. The number of nitrogens with one attached hydrogen (secondary N) is 2. The van der Waals surface area contributed by atoms with Gasteiger partial charge in [0.05, 0.1) is 49.7 Å². The molecule has 0 fully saturated rings. The van der Waals surface area contributed by atoms with E-state index in [1.54, 1.807) is 12.1 Å². The fourth-order valence-electron chi connectivity index (χ4n) is 5.29. The molecule has 11 nitrogen and oxygen atoms in total. The lowest BCUT2D eigenvalue weighted by Crippen LogP contribution is -3.01. The molecule has 0 saturated carbocycles. The number of carbonyl (C=O) groups is 3. The van der Waals surface area contributed by atoms with Crippen molar-refractivity contribution in [3.8, 4) is 6.07 Å². The Morgan fingerprint density at radius 3 is 2.41 bits per heavy atom. The zero-order chi connectivity index (χ0) is 34.2. The Hall–Kier alpha value is -5.42. The second-order valence-electron chi connectivity index (χ2n) is 10.3. The molecule has 46 heavy (non-hydrogen) atoms. The van der Waals surface area contributed by atoms with Crippen molar-refractivity contribution in [2.75, 3.05) is 25.7 Å². The number of nitrogens with zero attached hydrogens (tertiary/aromatic N) is 3. The first-order chi connectivity index (χ1) is 21.8. The third-order valence-electron chi connectivity index (χ3n) is 7.32. The summed E-state index contributed by atoms with van der Waals surface area (Å²) in [6.45, 7) is 4.58. The van der Waals surface area contributed by atoms with Gasteiger partial charge in [0.25, 0.3) is 6.47 Å². The third-order valence-corrected chi connectivity index (χ3v) is 7.32. The molecule has 4 N–H and O–H groups in total. The SMILES string of the molecule is COC(=O)C1=C(C)N(c2cccc(C(F)(F)F)c2)C(=N)N(C(N)=O)[C@@H]1c1ccc(C#N)cc1CCC[NH+]1C=CC(C)=C1.COC=O. The maximum absolute atomic E-state index is 13.5. The molecule has 2 amide bonds. The van der Waals surface area contributed by atoms with E-state index in [2.05, 4.69) is 17.0 Å². The highest BCUT2D eigenvalue weighted by Gasteiger charge is 2.44. The topological polar surface area (TPSA) is 154 Å². The summed E-state index contributed by atoms with van der Waals surface area (Å²) in [6, 6.07) is 8.78. The van der Waals surface area contributed by atoms with Gasteiger partial charge in [-0.15, -0.1) is 0 Å². The third kappa shape index (κ3) is 7.80. The quantitative estimate of drug-likeness (QED) is 0.292. The van der Waals surface area contributed by atoms with Crippen LogP contribution in [0.4, 0.5) is 23.7 Å². The van der Waals surface area contributed by atoms with Gasteiger partial charge in [-0.2, -0.15) is 18.4 Å². The highest BCUT2D eigenvalue weighted by atomic mass is 19.4. The maximum atomic E-state index is 13.5. The van der Waals surface area contributed by atoms with Crippen LogP contribution in [0.15, 0.2) is 77.8 Å². The van der Waals surface area contributed by atoms with Crippen molar-refractivity contribution in [1.29, 1.82) is 10.7 Å². The van der Waals surface area contributed by atoms with E-state index in [0.717, 1.165) is 46.1 Å². The molecular formula is C32H34F3N6O5+. The van der Waals surface area contributed by atoms with E-state index in [4.69, 9.17) is 20.7 Å². The number of allylic oxidation sites excluding steroid dienone is 3. The number of anilines is 1. The molecule has 2 aromatic carbocycles. The Morgan fingerprint density at radius 1 is 1.17 bits per heavy atom. The number of guanidine groups is 1. The first-order valence-corrected chi connectivity index (χ1v) is 13.9. The summed E-state index contributed by atoms with van der Waals surface area (Å²) in [4.78, 5) is 38.2. The fourth-order valence-corrected chi connectivity index (χ4v) is 5.29. The number of esters is 1. The van der Waals surface area contributed by atoms with Crippen molar-refractivity contribution in [2.45, 2.75) is 38.9 Å². The number of amides is 2. The van der Waals surface area contributed by atoms with Crippen molar-refractivity contribution < 1.29 is 41.9 Å². The van der Waals surface area contributed by atoms with Gasteiger partial charge in [0.15, 0.2) is 0 Å². The number of urea groups is 1. The molecule has 2 atom stereocenters. The van der Waals surface area contributed by atoms with E-state index in [0.29, 0.717) is 36.0 Å². The predicted octanol–water partition coefficient (Wildman–Crippen LogP) is 3.94. The highest BCUT2D eigenvalue weighted by molar-refractivity contribution is 6.10. The van der Waals surface area contributed by atoms with Crippen LogP contribution in [0.2, 0.25) is 0 Å². The van der Waals surface area contributed by atoms with Gasteiger partial charge in [0, 0.05) is 23.4 Å². The number of hydrogen-bond acceptors (Lipinski definition) is 7. The zero-order valence-electron chi connectivity index (χ0n) is 25.6. The highest BCUT2D eigenvalue weighted by Crippen LogP contribution is 2.42. The van der Waals surface area contributed by atoms with E-state index in [-0.39, 0.29) is 17.0 Å². The lowest BCUT2D eigenvalue weighted by atomic mass is 9.87. The van der Waals surface area contributed by atoms with Gasteiger partial charge in [0.1, 0.15) is 12.2 Å². The number of methoxy groups -OCH3 is 2. The Balaban J connectivity index is 0.00000136. The molecule has 0 saturated heterocycles. The number of ether oxygens (including phenoxy) is 2. The normalized spacial score (nSPS) is 17.5. The summed E-state index contributed by atoms with van der Waals surface area (Å²) in [7, 11) is 2.46.